The minimum Gasteiger partial charge on any atom is -0.473 e. The summed E-state index contributed by atoms with van der Waals surface area (Å²) >= 11 is 0. The van der Waals surface area contributed by atoms with Gasteiger partial charge in [0.25, 0.3) is 0 Å². The number of hydrogen-bond donors (Lipinski definition) is 0. The lowest BCUT2D eigenvalue weighted by Gasteiger charge is -2.13. The van der Waals surface area contributed by atoms with Crippen LogP contribution in [0.15, 0.2) is 43.0 Å². The first kappa shape index (κ1) is 26.0. The van der Waals surface area contributed by atoms with E-state index in [2.05, 4.69) is 29.7 Å². The normalized spacial score (nSPS) is 15.5. The summed E-state index contributed by atoms with van der Waals surface area (Å²) in [6.07, 6.45) is 1.84. The standard InChI is InChI=1S/C26H20F6N6O2/c27-17-9-13(1-6-16(17)23-36-18(26(30,31)32)10-38(23)15-4-5-15)11-39-19-7-8-33-22(37-19)20-21(14-2-3-14)34-12-35-24(20)40-25(28)29/h1,6-10,12,14-15,25H,2-5,11H2. The van der Waals surface area contributed by atoms with Gasteiger partial charge in [-0.1, -0.05) is 6.07 Å². The van der Waals surface area contributed by atoms with Gasteiger partial charge in [0.15, 0.2) is 11.5 Å². The molecule has 3 aromatic heterocycles. The van der Waals surface area contributed by atoms with E-state index in [0.29, 0.717) is 24.1 Å². The first-order valence-electron chi connectivity index (χ1n) is 12.4. The first-order chi connectivity index (χ1) is 19.2. The molecule has 1 aromatic carbocycles. The fourth-order valence-electron chi connectivity index (χ4n) is 4.32. The van der Waals surface area contributed by atoms with Crippen LogP contribution in [-0.2, 0) is 12.8 Å². The minimum absolute atomic E-state index is 0.0320. The second-order valence-electron chi connectivity index (χ2n) is 9.50. The largest absolute Gasteiger partial charge is 0.473 e. The van der Waals surface area contributed by atoms with Crippen LogP contribution in [0, 0.1) is 5.82 Å². The summed E-state index contributed by atoms with van der Waals surface area (Å²) in [6, 6.07) is 5.33. The zero-order valence-electron chi connectivity index (χ0n) is 20.6. The summed E-state index contributed by atoms with van der Waals surface area (Å²) in [4.78, 5) is 20.2. The van der Waals surface area contributed by atoms with Gasteiger partial charge < -0.3 is 14.0 Å². The van der Waals surface area contributed by atoms with E-state index in [1.54, 1.807) is 0 Å². The molecule has 3 heterocycles. The van der Waals surface area contributed by atoms with Crippen LogP contribution in [0.2, 0.25) is 0 Å². The van der Waals surface area contributed by atoms with Gasteiger partial charge in [0.05, 0.1) is 11.3 Å². The molecule has 0 spiro atoms. The molecule has 0 bridgehead atoms. The van der Waals surface area contributed by atoms with Crippen LogP contribution in [0.4, 0.5) is 26.3 Å². The fraction of sp³-hybridized carbons (Fsp3) is 0.346. The monoisotopic (exact) mass is 562 g/mol. The van der Waals surface area contributed by atoms with E-state index < -0.39 is 24.3 Å². The predicted octanol–water partition coefficient (Wildman–Crippen LogP) is 6.35. The third kappa shape index (κ3) is 5.42. The molecule has 6 rings (SSSR count). The Morgan fingerprint density at radius 3 is 2.48 bits per heavy atom. The van der Waals surface area contributed by atoms with Gasteiger partial charge in [0, 0.05) is 30.4 Å². The number of nitrogens with zero attached hydrogens (tertiary/aromatic N) is 6. The number of rotatable bonds is 9. The molecule has 40 heavy (non-hydrogen) atoms. The van der Waals surface area contributed by atoms with Crippen LogP contribution in [0.5, 0.6) is 11.8 Å². The summed E-state index contributed by atoms with van der Waals surface area (Å²) < 4.78 is 92.5. The van der Waals surface area contributed by atoms with Crippen LogP contribution in [0.3, 0.4) is 0 Å². The SMILES string of the molecule is Fc1cc(COc2ccnc(-c3c(OC(F)F)ncnc3C3CC3)n2)ccc1-c1nc(C(F)(F)F)cn1C1CC1. The molecule has 2 aliphatic carbocycles. The summed E-state index contributed by atoms with van der Waals surface area (Å²) in [5.74, 6) is -1.03. The molecule has 0 radical (unpaired) electrons. The lowest BCUT2D eigenvalue weighted by atomic mass is 10.1. The van der Waals surface area contributed by atoms with Crippen molar-refractivity contribution in [2.75, 3.05) is 0 Å². The number of halogens is 6. The molecule has 4 aromatic rings. The molecule has 14 heteroatoms. The Morgan fingerprint density at radius 1 is 1.00 bits per heavy atom. The third-order valence-electron chi connectivity index (χ3n) is 6.48. The van der Waals surface area contributed by atoms with E-state index in [9.17, 15) is 22.0 Å². The quantitative estimate of drug-likeness (QED) is 0.220. The van der Waals surface area contributed by atoms with E-state index in [-0.39, 0.29) is 53.1 Å². The molecule has 2 saturated carbocycles. The lowest BCUT2D eigenvalue weighted by molar-refractivity contribution is -0.140. The number of benzene rings is 1. The van der Waals surface area contributed by atoms with Crippen LogP contribution in [-0.4, -0.2) is 36.1 Å². The van der Waals surface area contributed by atoms with Crippen molar-refractivity contribution in [3.63, 3.8) is 0 Å². The Balaban J connectivity index is 1.23. The molecule has 2 fully saturated rings. The fourth-order valence-corrected chi connectivity index (χ4v) is 4.32. The molecule has 0 amide bonds. The third-order valence-corrected chi connectivity index (χ3v) is 6.48. The Hall–Kier alpha value is -4.23. The van der Waals surface area contributed by atoms with Crippen molar-refractivity contribution in [3.05, 3.63) is 65.8 Å². The zero-order chi connectivity index (χ0) is 28.0. The summed E-state index contributed by atoms with van der Waals surface area (Å²) in [6.45, 7) is -3.25. The van der Waals surface area contributed by atoms with E-state index in [1.165, 1.54) is 29.0 Å². The van der Waals surface area contributed by atoms with Crippen LogP contribution in [0.25, 0.3) is 22.8 Å². The van der Waals surface area contributed by atoms with Gasteiger partial charge in [-0.25, -0.2) is 24.3 Å². The Morgan fingerprint density at radius 2 is 1.80 bits per heavy atom. The Bertz CT molecular complexity index is 1550. The molecule has 0 saturated heterocycles. The summed E-state index contributed by atoms with van der Waals surface area (Å²) in [5.41, 5.74) is -0.102. The van der Waals surface area contributed by atoms with Crippen molar-refractivity contribution in [3.8, 4) is 34.5 Å². The van der Waals surface area contributed by atoms with Crippen molar-refractivity contribution in [2.45, 2.75) is 57.0 Å². The average Bonchev–Trinajstić information content (AvgIpc) is 3.85. The van der Waals surface area contributed by atoms with Gasteiger partial charge in [-0.15, -0.1) is 0 Å². The molecule has 0 N–H and O–H groups in total. The second-order valence-corrected chi connectivity index (χ2v) is 9.50. The molecule has 208 valence electrons. The Kier molecular flexibility index (Phi) is 6.55. The number of ether oxygens (including phenoxy) is 2. The number of alkyl halides is 5. The molecular weight excluding hydrogens is 542 g/mol. The van der Waals surface area contributed by atoms with Crippen LogP contribution < -0.4 is 9.47 Å². The topological polar surface area (TPSA) is 87.8 Å². The maximum absolute atomic E-state index is 15.1. The van der Waals surface area contributed by atoms with Gasteiger partial charge in [-0.2, -0.15) is 26.9 Å². The predicted molar refractivity (Wildman–Crippen MR) is 127 cm³/mol. The summed E-state index contributed by atoms with van der Waals surface area (Å²) in [7, 11) is 0. The van der Waals surface area contributed by atoms with Crippen molar-refractivity contribution < 1.29 is 35.8 Å². The van der Waals surface area contributed by atoms with E-state index in [0.717, 1.165) is 31.4 Å². The molecule has 0 unspecified atom stereocenters. The van der Waals surface area contributed by atoms with Gasteiger partial charge in [-0.3, -0.25) is 0 Å². The van der Waals surface area contributed by atoms with E-state index in [4.69, 9.17) is 4.74 Å². The second kappa shape index (κ2) is 10.1. The maximum atomic E-state index is 15.1. The molecule has 0 aliphatic heterocycles. The highest BCUT2D eigenvalue weighted by Crippen LogP contribution is 2.45. The lowest BCUT2D eigenvalue weighted by Crippen LogP contribution is -2.09. The molecule has 2 aliphatic rings. The van der Waals surface area contributed by atoms with E-state index >= 15 is 4.39 Å². The van der Waals surface area contributed by atoms with Crippen LogP contribution in [0.1, 0.15) is 54.6 Å². The maximum Gasteiger partial charge on any atom is 0.434 e. The smallest absolute Gasteiger partial charge is 0.434 e. The number of imidazole rings is 1. The van der Waals surface area contributed by atoms with Gasteiger partial charge in [0.2, 0.25) is 11.8 Å². The minimum atomic E-state index is -4.65. The van der Waals surface area contributed by atoms with Crippen LogP contribution >= 0.6 is 0 Å². The van der Waals surface area contributed by atoms with Crippen molar-refractivity contribution in [1.29, 1.82) is 0 Å². The highest BCUT2D eigenvalue weighted by atomic mass is 19.4. The molecule has 8 nitrogen and oxygen atoms in total. The first-order valence-corrected chi connectivity index (χ1v) is 12.4. The average molecular weight is 562 g/mol. The Labute approximate surface area is 223 Å². The highest BCUT2D eigenvalue weighted by molar-refractivity contribution is 5.66. The molecule has 0 atom stereocenters. The zero-order valence-corrected chi connectivity index (χ0v) is 20.6. The van der Waals surface area contributed by atoms with Gasteiger partial charge in [-0.05, 0) is 43.4 Å². The van der Waals surface area contributed by atoms with Crippen molar-refractivity contribution >= 4 is 0 Å². The van der Waals surface area contributed by atoms with Crippen molar-refractivity contribution in [2.24, 2.45) is 0 Å². The number of aromatic nitrogens is 6. The summed E-state index contributed by atoms with van der Waals surface area (Å²) in [5, 5.41) is 0. The van der Waals surface area contributed by atoms with E-state index in [1.807, 2.05) is 0 Å². The van der Waals surface area contributed by atoms with Gasteiger partial charge in [0.1, 0.15) is 30.1 Å². The van der Waals surface area contributed by atoms with Crippen molar-refractivity contribution in [1.82, 2.24) is 29.5 Å². The van der Waals surface area contributed by atoms with Gasteiger partial charge >= 0.3 is 12.8 Å². The molecular formula is C26H20F6N6O2. The number of hydrogen-bond acceptors (Lipinski definition) is 7. The highest BCUT2D eigenvalue weighted by Gasteiger charge is 2.38.